The van der Waals surface area contributed by atoms with Crippen molar-refractivity contribution in [2.45, 2.75) is 39.0 Å². The van der Waals surface area contributed by atoms with E-state index in [-0.39, 0.29) is 24.1 Å². The van der Waals surface area contributed by atoms with Gasteiger partial charge in [-0.1, -0.05) is 43.7 Å². The maximum absolute atomic E-state index is 12.2. The number of carbonyl (C=O) groups excluding carboxylic acids is 1. The van der Waals surface area contributed by atoms with Crippen LogP contribution in [-0.4, -0.2) is 22.8 Å². The third-order valence-corrected chi connectivity index (χ3v) is 4.72. The molecular formula is C22H26O4. The van der Waals surface area contributed by atoms with Gasteiger partial charge in [-0.15, -0.1) is 0 Å². The van der Waals surface area contributed by atoms with E-state index in [1.54, 1.807) is 44.2 Å². The highest BCUT2D eigenvalue weighted by atomic mass is 16.5. The average molecular weight is 354 g/mol. The molecule has 2 rings (SSSR count). The second-order valence-corrected chi connectivity index (χ2v) is 6.47. The summed E-state index contributed by atoms with van der Waals surface area (Å²) in [6.45, 7) is 5.79. The van der Waals surface area contributed by atoms with Gasteiger partial charge in [-0.2, -0.15) is 0 Å². The highest BCUT2D eigenvalue weighted by Crippen LogP contribution is 2.38. The molecule has 0 fully saturated rings. The minimum atomic E-state index is -0.556. The van der Waals surface area contributed by atoms with E-state index in [4.69, 9.17) is 4.74 Å². The molecule has 0 spiro atoms. The quantitative estimate of drug-likeness (QED) is 0.559. The molecule has 0 radical (unpaired) electrons. The number of aromatic hydroxyl groups is 2. The van der Waals surface area contributed by atoms with Gasteiger partial charge in [0.2, 0.25) is 0 Å². The molecule has 4 nitrogen and oxygen atoms in total. The molecule has 0 amide bonds. The monoisotopic (exact) mass is 354 g/mol. The van der Waals surface area contributed by atoms with Gasteiger partial charge in [0.25, 0.3) is 0 Å². The van der Waals surface area contributed by atoms with Crippen LogP contribution in [0.2, 0.25) is 0 Å². The van der Waals surface area contributed by atoms with Crippen molar-refractivity contribution in [3.8, 4) is 11.5 Å². The van der Waals surface area contributed by atoms with E-state index >= 15 is 0 Å². The summed E-state index contributed by atoms with van der Waals surface area (Å²) < 4.78 is 5.65. The van der Waals surface area contributed by atoms with Crippen LogP contribution >= 0.6 is 0 Å². The second kappa shape index (κ2) is 8.56. The number of esters is 1. The van der Waals surface area contributed by atoms with Crippen molar-refractivity contribution in [2.24, 2.45) is 0 Å². The van der Waals surface area contributed by atoms with Crippen LogP contribution in [0.3, 0.4) is 0 Å². The summed E-state index contributed by atoms with van der Waals surface area (Å²) in [5, 5.41) is 19.3. The van der Waals surface area contributed by atoms with Crippen molar-refractivity contribution in [3.63, 3.8) is 0 Å². The number of carbonyl (C=O) groups is 1. The lowest BCUT2D eigenvalue weighted by Crippen LogP contribution is -2.34. The fourth-order valence-corrected chi connectivity index (χ4v) is 3.10. The molecular weight excluding hydrogens is 328 g/mol. The lowest BCUT2D eigenvalue weighted by Gasteiger charge is -2.34. The molecule has 0 aromatic heterocycles. The number of ether oxygens (including phenoxy) is 1. The van der Waals surface area contributed by atoms with Crippen LogP contribution in [0.15, 0.2) is 60.2 Å². The molecule has 0 bridgehead atoms. The van der Waals surface area contributed by atoms with E-state index in [9.17, 15) is 15.0 Å². The van der Waals surface area contributed by atoms with Gasteiger partial charge in [-0.25, -0.2) is 4.79 Å². The Morgan fingerprint density at radius 1 is 1.00 bits per heavy atom. The van der Waals surface area contributed by atoms with Gasteiger partial charge >= 0.3 is 5.97 Å². The van der Waals surface area contributed by atoms with Crippen molar-refractivity contribution in [1.29, 1.82) is 0 Å². The standard InChI is InChI=1S/C22H26O4/c1-4-14-22(15-26-21(25)16(3)5-2,17-6-10-19(23)11-7-17)18-8-12-20(24)13-9-18/h5-13,23-24H,4,14-15H2,1-3H3. The van der Waals surface area contributed by atoms with Gasteiger partial charge in [0.15, 0.2) is 0 Å². The number of hydrogen-bond donors (Lipinski definition) is 2. The largest absolute Gasteiger partial charge is 0.508 e. The van der Waals surface area contributed by atoms with E-state index < -0.39 is 5.41 Å². The number of rotatable bonds is 7. The number of benzene rings is 2. The predicted octanol–water partition coefficient (Wildman–Crippen LogP) is 4.69. The highest BCUT2D eigenvalue weighted by Gasteiger charge is 2.35. The molecule has 0 aliphatic heterocycles. The van der Waals surface area contributed by atoms with Crippen LogP contribution in [0.25, 0.3) is 0 Å². The Labute approximate surface area is 154 Å². The van der Waals surface area contributed by atoms with Gasteiger partial charge in [0.1, 0.15) is 18.1 Å². The minimum Gasteiger partial charge on any atom is -0.508 e. The molecule has 0 heterocycles. The first-order valence-electron chi connectivity index (χ1n) is 8.82. The molecule has 26 heavy (non-hydrogen) atoms. The fourth-order valence-electron chi connectivity index (χ4n) is 3.10. The molecule has 0 aliphatic rings. The molecule has 2 N–H and O–H groups in total. The van der Waals surface area contributed by atoms with Gasteiger partial charge in [-0.05, 0) is 55.7 Å². The smallest absolute Gasteiger partial charge is 0.333 e. The van der Waals surface area contributed by atoms with Gasteiger partial charge in [-0.3, -0.25) is 0 Å². The van der Waals surface area contributed by atoms with Crippen LogP contribution in [-0.2, 0) is 14.9 Å². The third kappa shape index (κ3) is 4.26. The van der Waals surface area contributed by atoms with E-state index in [0.29, 0.717) is 5.57 Å². The summed E-state index contributed by atoms with van der Waals surface area (Å²) in [4.78, 5) is 12.2. The first-order valence-corrected chi connectivity index (χ1v) is 8.82. The van der Waals surface area contributed by atoms with Crippen molar-refractivity contribution in [1.82, 2.24) is 0 Å². The third-order valence-electron chi connectivity index (χ3n) is 4.72. The Hall–Kier alpha value is -2.75. The Morgan fingerprint density at radius 3 is 1.85 bits per heavy atom. The second-order valence-electron chi connectivity index (χ2n) is 6.47. The van der Waals surface area contributed by atoms with E-state index in [1.165, 1.54) is 0 Å². The summed E-state index contributed by atoms with van der Waals surface area (Å²) in [5.41, 5.74) is 1.91. The summed E-state index contributed by atoms with van der Waals surface area (Å²) in [6, 6.07) is 14.0. The Balaban J connectivity index is 2.51. The maximum atomic E-state index is 12.2. The summed E-state index contributed by atoms with van der Waals surface area (Å²) in [5.74, 6) is 0.0313. The zero-order valence-electron chi connectivity index (χ0n) is 15.5. The summed E-state index contributed by atoms with van der Waals surface area (Å²) in [7, 11) is 0. The van der Waals surface area contributed by atoms with Gasteiger partial charge in [0, 0.05) is 5.57 Å². The molecule has 0 saturated heterocycles. The number of phenolic OH excluding ortho intramolecular Hbond substituents is 2. The van der Waals surface area contributed by atoms with Crippen molar-refractivity contribution >= 4 is 5.97 Å². The fraction of sp³-hybridized carbons (Fsp3) is 0.318. The topological polar surface area (TPSA) is 66.8 Å². The summed E-state index contributed by atoms with van der Waals surface area (Å²) >= 11 is 0. The van der Waals surface area contributed by atoms with Crippen LogP contribution < -0.4 is 0 Å². The molecule has 2 aromatic carbocycles. The normalized spacial score (nSPS) is 12.0. The average Bonchev–Trinajstić information content (AvgIpc) is 2.65. The first-order chi connectivity index (χ1) is 12.4. The zero-order chi connectivity index (χ0) is 19.2. The van der Waals surface area contributed by atoms with E-state index in [2.05, 4.69) is 6.92 Å². The Morgan fingerprint density at radius 2 is 1.46 bits per heavy atom. The van der Waals surface area contributed by atoms with Gasteiger partial charge < -0.3 is 14.9 Å². The first kappa shape index (κ1) is 19.6. The maximum Gasteiger partial charge on any atom is 0.333 e. The van der Waals surface area contributed by atoms with Crippen molar-refractivity contribution in [2.75, 3.05) is 6.61 Å². The van der Waals surface area contributed by atoms with Crippen LogP contribution in [0.5, 0.6) is 11.5 Å². The highest BCUT2D eigenvalue weighted by molar-refractivity contribution is 5.87. The Kier molecular flexibility index (Phi) is 6.45. The van der Waals surface area contributed by atoms with Crippen LogP contribution in [0, 0.1) is 0 Å². The minimum absolute atomic E-state index is 0.181. The van der Waals surface area contributed by atoms with Gasteiger partial charge in [0.05, 0.1) is 5.41 Å². The lowest BCUT2D eigenvalue weighted by atomic mass is 9.72. The zero-order valence-corrected chi connectivity index (χ0v) is 15.5. The van der Waals surface area contributed by atoms with E-state index in [1.807, 2.05) is 24.3 Å². The lowest BCUT2D eigenvalue weighted by molar-refractivity contribution is -0.140. The van der Waals surface area contributed by atoms with Crippen LogP contribution in [0.4, 0.5) is 0 Å². The molecule has 2 aromatic rings. The van der Waals surface area contributed by atoms with Crippen LogP contribution in [0.1, 0.15) is 44.7 Å². The SMILES string of the molecule is CC=C(C)C(=O)OCC(CCC)(c1ccc(O)cc1)c1ccc(O)cc1. The predicted molar refractivity (Wildman–Crippen MR) is 102 cm³/mol. The molecule has 138 valence electrons. The molecule has 0 atom stereocenters. The Bertz CT molecular complexity index is 712. The molecule has 0 saturated carbocycles. The summed E-state index contributed by atoms with van der Waals surface area (Å²) in [6.07, 6.45) is 3.36. The number of allylic oxidation sites excluding steroid dienone is 1. The van der Waals surface area contributed by atoms with Crippen molar-refractivity contribution in [3.05, 3.63) is 71.3 Å². The van der Waals surface area contributed by atoms with Crippen molar-refractivity contribution < 1.29 is 19.7 Å². The molecule has 0 aliphatic carbocycles. The molecule has 4 heteroatoms. The molecule has 0 unspecified atom stereocenters. The van der Waals surface area contributed by atoms with E-state index in [0.717, 1.165) is 24.0 Å². The number of hydrogen-bond acceptors (Lipinski definition) is 4. The number of phenols is 2.